The van der Waals surface area contributed by atoms with Crippen LogP contribution in [0.3, 0.4) is 0 Å². The molecule has 1 amide bonds. The Balaban J connectivity index is 1.31. The van der Waals surface area contributed by atoms with E-state index in [2.05, 4.69) is 24.3 Å². The molecule has 182 valence electrons. The number of anilines is 1. The maximum atomic E-state index is 14.0. The zero-order valence-electron chi connectivity index (χ0n) is 19.5. The quantitative estimate of drug-likeness (QED) is 0.278. The highest BCUT2D eigenvalue weighted by molar-refractivity contribution is 7.99. The Morgan fingerprint density at radius 2 is 1.69 bits per heavy atom. The number of hydrogen-bond acceptors (Lipinski definition) is 3. The molecule has 2 bridgehead atoms. The number of nitrogens with zero attached hydrogens (tertiary/aromatic N) is 2. The SMILES string of the molecule is O=C(OC1C[N+]2(CSc3ccccc3)CCC1CC2)N(Cc1ccc(F)cc1)c1cccc(F)c1. The second kappa shape index (κ2) is 10.4. The Morgan fingerprint density at radius 3 is 2.40 bits per heavy atom. The van der Waals surface area contributed by atoms with E-state index in [1.807, 2.05) is 17.8 Å². The van der Waals surface area contributed by atoms with Gasteiger partial charge in [-0.05, 0) is 48.0 Å². The number of piperidine rings is 3. The molecule has 0 N–H and O–H groups in total. The number of rotatable bonds is 7. The van der Waals surface area contributed by atoms with Crippen LogP contribution in [0.1, 0.15) is 18.4 Å². The number of carbonyl (C=O) groups is 1. The maximum absolute atomic E-state index is 14.0. The molecule has 6 rings (SSSR count). The molecule has 1 atom stereocenters. The molecule has 0 radical (unpaired) electrons. The highest BCUT2D eigenvalue weighted by atomic mass is 32.2. The zero-order valence-corrected chi connectivity index (χ0v) is 20.3. The van der Waals surface area contributed by atoms with Gasteiger partial charge < -0.3 is 9.22 Å². The lowest BCUT2D eigenvalue weighted by Gasteiger charge is -2.51. The van der Waals surface area contributed by atoms with Crippen LogP contribution in [0, 0.1) is 17.6 Å². The fourth-order valence-electron chi connectivity index (χ4n) is 5.13. The van der Waals surface area contributed by atoms with Crippen molar-refractivity contribution >= 4 is 23.5 Å². The number of quaternary nitrogens is 1. The summed E-state index contributed by atoms with van der Waals surface area (Å²) in [4.78, 5) is 16.1. The van der Waals surface area contributed by atoms with Crippen LogP contribution in [-0.2, 0) is 11.3 Å². The van der Waals surface area contributed by atoms with Crippen molar-refractivity contribution in [1.29, 1.82) is 0 Å². The number of benzene rings is 3. The second-order valence-electron chi connectivity index (χ2n) is 9.51. The van der Waals surface area contributed by atoms with Crippen LogP contribution < -0.4 is 4.90 Å². The number of ether oxygens (including phenoxy) is 1. The van der Waals surface area contributed by atoms with Crippen LogP contribution in [0.25, 0.3) is 0 Å². The Bertz CT molecular complexity index is 1150. The lowest BCUT2D eigenvalue weighted by Crippen LogP contribution is -2.64. The summed E-state index contributed by atoms with van der Waals surface area (Å²) in [6.45, 7) is 3.16. The number of carbonyl (C=O) groups excluding carboxylic acids is 1. The van der Waals surface area contributed by atoms with Crippen molar-refractivity contribution in [1.82, 2.24) is 0 Å². The molecule has 3 aliphatic heterocycles. The molecule has 3 aromatic rings. The number of thioether (sulfide) groups is 1. The van der Waals surface area contributed by atoms with E-state index in [9.17, 15) is 13.6 Å². The van der Waals surface area contributed by atoms with Gasteiger partial charge in [0, 0.05) is 23.7 Å². The molecule has 7 heteroatoms. The molecule has 35 heavy (non-hydrogen) atoms. The maximum Gasteiger partial charge on any atom is 0.415 e. The van der Waals surface area contributed by atoms with E-state index in [4.69, 9.17) is 4.74 Å². The summed E-state index contributed by atoms with van der Waals surface area (Å²) in [6.07, 6.45) is 1.40. The smallest absolute Gasteiger partial charge is 0.415 e. The van der Waals surface area contributed by atoms with Gasteiger partial charge in [0.05, 0.1) is 25.3 Å². The summed E-state index contributed by atoms with van der Waals surface area (Å²) >= 11 is 1.85. The van der Waals surface area contributed by atoms with E-state index >= 15 is 0 Å². The van der Waals surface area contributed by atoms with Crippen molar-refractivity contribution in [2.24, 2.45) is 5.92 Å². The van der Waals surface area contributed by atoms with Gasteiger partial charge in [-0.15, -0.1) is 0 Å². The minimum absolute atomic E-state index is 0.170. The standard InChI is InChI=1S/C28H29F2N2O2S/c29-23-11-9-21(10-12-23)18-31(25-6-4-5-24(30)17-25)28(33)34-27-19-32(15-13-22(27)14-16-32)20-35-26-7-2-1-3-8-26/h1-12,17,22,27H,13-16,18-20H2/q+1. The van der Waals surface area contributed by atoms with Gasteiger partial charge in [-0.3, -0.25) is 4.90 Å². The summed E-state index contributed by atoms with van der Waals surface area (Å²) in [5, 5.41) is 0. The first-order valence-electron chi connectivity index (χ1n) is 12.0. The van der Waals surface area contributed by atoms with E-state index in [0.29, 0.717) is 11.6 Å². The molecular weight excluding hydrogens is 466 g/mol. The summed E-state index contributed by atoms with van der Waals surface area (Å²) in [6, 6.07) is 22.3. The molecule has 4 nitrogen and oxygen atoms in total. The third kappa shape index (κ3) is 5.68. The van der Waals surface area contributed by atoms with Gasteiger partial charge in [-0.1, -0.05) is 48.2 Å². The summed E-state index contributed by atoms with van der Waals surface area (Å²) < 4.78 is 34.5. The molecule has 1 unspecified atom stereocenters. The minimum atomic E-state index is -0.493. The van der Waals surface area contributed by atoms with Crippen LogP contribution in [0.5, 0.6) is 0 Å². The van der Waals surface area contributed by atoms with Gasteiger partial charge in [-0.2, -0.15) is 0 Å². The van der Waals surface area contributed by atoms with Gasteiger partial charge in [-0.25, -0.2) is 13.6 Å². The zero-order chi connectivity index (χ0) is 24.3. The van der Waals surface area contributed by atoms with Gasteiger partial charge in [0.1, 0.15) is 24.1 Å². The van der Waals surface area contributed by atoms with Crippen molar-refractivity contribution in [2.45, 2.75) is 30.4 Å². The van der Waals surface area contributed by atoms with Gasteiger partial charge >= 0.3 is 6.09 Å². The van der Waals surface area contributed by atoms with Gasteiger partial charge in [0.15, 0.2) is 6.10 Å². The summed E-state index contributed by atoms with van der Waals surface area (Å²) in [7, 11) is 0. The Kier molecular flexibility index (Phi) is 7.07. The number of hydrogen-bond donors (Lipinski definition) is 0. The van der Waals surface area contributed by atoms with Crippen LogP contribution in [-0.4, -0.2) is 42.2 Å². The highest BCUT2D eigenvalue weighted by Crippen LogP contribution is 2.38. The van der Waals surface area contributed by atoms with Crippen LogP contribution in [0.2, 0.25) is 0 Å². The predicted octanol–water partition coefficient (Wildman–Crippen LogP) is 6.47. The van der Waals surface area contributed by atoms with Crippen molar-refractivity contribution in [3.8, 4) is 0 Å². The normalized spacial score (nSPS) is 23.1. The van der Waals surface area contributed by atoms with E-state index < -0.39 is 11.9 Å². The lowest BCUT2D eigenvalue weighted by atomic mass is 9.84. The van der Waals surface area contributed by atoms with E-state index in [0.717, 1.165) is 48.4 Å². The molecule has 0 aliphatic carbocycles. The van der Waals surface area contributed by atoms with Crippen molar-refractivity contribution in [2.75, 3.05) is 30.4 Å². The third-order valence-corrected chi connectivity index (χ3v) is 8.42. The minimum Gasteiger partial charge on any atom is -0.440 e. The molecule has 3 heterocycles. The second-order valence-corrected chi connectivity index (χ2v) is 10.5. The summed E-state index contributed by atoms with van der Waals surface area (Å²) in [5.41, 5.74) is 1.16. The van der Waals surface area contributed by atoms with E-state index in [-0.39, 0.29) is 18.5 Å². The Morgan fingerprint density at radius 1 is 0.943 bits per heavy atom. The molecule has 3 fully saturated rings. The monoisotopic (exact) mass is 495 g/mol. The number of fused-ring (bicyclic) bond motifs is 3. The molecule has 0 aromatic heterocycles. The largest absolute Gasteiger partial charge is 0.440 e. The van der Waals surface area contributed by atoms with Gasteiger partial charge in [0.2, 0.25) is 0 Å². The molecule has 0 spiro atoms. The average molecular weight is 496 g/mol. The molecule has 3 aromatic carbocycles. The van der Waals surface area contributed by atoms with Crippen LogP contribution in [0.15, 0.2) is 83.8 Å². The first-order chi connectivity index (χ1) is 17.0. The van der Waals surface area contributed by atoms with Crippen molar-refractivity contribution in [3.63, 3.8) is 0 Å². The van der Waals surface area contributed by atoms with Gasteiger partial charge in [0.25, 0.3) is 0 Å². The lowest BCUT2D eigenvalue weighted by molar-refractivity contribution is -0.934. The molecule has 3 saturated heterocycles. The Labute approximate surface area is 209 Å². The fraction of sp³-hybridized carbons (Fsp3) is 0.321. The Hall–Kier alpha value is -2.90. The first-order valence-corrected chi connectivity index (χ1v) is 13.0. The average Bonchev–Trinajstić information content (AvgIpc) is 2.88. The molecule has 3 aliphatic rings. The first kappa shape index (κ1) is 23.8. The number of halogens is 2. The van der Waals surface area contributed by atoms with Crippen molar-refractivity contribution < 1.29 is 22.8 Å². The molecule has 0 saturated carbocycles. The van der Waals surface area contributed by atoms with Crippen LogP contribution >= 0.6 is 11.8 Å². The highest BCUT2D eigenvalue weighted by Gasteiger charge is 2.48. The predicted molar refractivity (Wildman–Crippen MR) is 134 cm³/mol. The number of amides is 1. The van der Waals surface area contributed by atoms with Crippen molar-refractivity contribution in [3.05, 3.63) is 96.1 Å². The topological polar surface area (TPSA) is 29.5 Å². The van der Waals surface area contributed by atoms with Crippen LogP contribution in [0.4, 0.5) is 19.3 Å². The van der Waals surface area contributed by atoms with E-state index in [1.54, 1.807) is 24.3 Å². The summed E-state index contributed by atoms with van der Waals surface area (Å²) in [5.74, 6) is 0.530. The van der Waals surface area contributed by atoms with E-state index in [1.165, 1.54) is 34.1 Å². The third-order valence-electron chi connectivity index (χ3n) is 7.14. The molecular formula is C28H29F2N2O2S+. The fourth-order valence-corrected chi connectivity index (χ4v) is 6.27.